The van der Waals surface area contributed by atoms with Crippen LogP contribution in [0.25, 0.3) is 50.5 Å². The van der Waals surface area contributed by atoms with Crippen LogP contribution in [0.15, 0.2) is 55.5 Å². The minimum atomic E-state index is -0.492. The van der Waals surface area contributed by atoms with Crippen LogP contribution in [0.3, 0.4) is 0 Å². The number of H-pyrrole nitrogens is 2. The second-order valence-corrected chi connectivity index (χ2v) is 7.06. The Morgan fingerprint density at radius 2 is 1.97 bits per heavy atom. The summed E-state index contributed by atoms with van der Waals surface area (Å²) in [5.74, 6) is -0.0894. The van der Waals surface area contributed by atoms with Crippen molar-refractivity contribution in [2.75, 3.05) is 0 Å². The number of fused-ring (bicyclic) bond motifs is 2. The van der Waals surface area contributed by atoms with Gasteiger partial charge in [0.15, 0.2) is 17.3 Å². The molecule has 0 fully saturated rings. The molecule has 0 amide bonds. The van der Waals surface area contributed by atoms with Gasteiger partial charge in [0.25, 0.3) is 0 Å². The fraction of sp³-hybridized carbons (Fsp3) is 0.0476. The van der Waals surface area contributed by atoms with Gasteiger partial charge in [-0.2, -0.15) is 5.10 Å². The molecule has 0 aliphatic rings. The first-order valence-electron chi connectivity index (χ1n) is 9.48. The van der Waals surface area contributed by atoms with Crippen LogP contribution in [0.4, 0.5) is 4.39 Å². The van der Waals surface area contributed by atoms with Gasteiger partial charge >= 0.3 is 0 Å². The van der Waals surface area contributed by atoms with E-state index >= 15 is 4.39 Å². The maximum Gasteiger partial charge on any atom is 0.161 e. The predicted octanol–water partition coefficient (Wildman–Crippen LogP) is 3.59. The van der Waals surface area contributed by atoms with Gasteiger partial charge in [0, 0.05) is 30.4 Å². The van der Waals surface area contributed by atoms with Gasteiger partial charge in [-0.25, -0.2) is 19.3 Å². The standard InChI is InChI=1S/C21H14FN9/c1-11-9-31(10-26-11)14-4-6-24-20-18(14)27-21(28-20)19-15-13(29-30-19)8-25-17(16(15)22)12-3-2-5-23-7-12/h2-10H,1H3,(H,29,30)(H,24,27,28). The maximum absolute atomic E-state index is 15.5. The fourth-order valence-corrected chi connectivity index (χ4v) is 3.62. The zero-order valence-electron chi connectivity index (χ0n) is 16.2. The molecule has 6 aromatic heterocycles. The molecule has 31 heavy (non-hydrogen) atoms. The van der Waals surface area contributed by atoms with Gasteiger partial charge in [-0.3, -0.25) is 15.1 Å². The van der Waals surface area contributed by atoms with E-state index in [9.17, 15) is 0 Å². The number of hydrogen-bond donors (Lipinski definition) is 2. The van der Waals surface area contributed by atoms with Crippen molar-refractivity contribution in [3.63, 3.8) is 0 Å². The van der Waals surface area contributed by atoms with Crippen LogP contribution < -0.4 is 0 Å². The number of halogens is 1. The number of hydrogen-bond acceptors (Lipinski definition) is 6. The van der Waals surface area contributed by atoms with Crippen molar-refractivity contribution in [3.05, 3.63) is 67.0 Å². The van der Waals surface area contributed by atoms with Crippen molar-refractivity contribution in [3.8, 4) is 28.5 Å². The first-order chi connectivity index (χ1) is 15.2. The van der Waals surface area contributed by atoms with Gasteiger partial charge in [-0.1, -0.05) is 0 Å². The van der Waals surface area contributed by atoms with E-state index in [0.29, 0.717) is 39.1 Å². The van der Waals surface area contributed by atoms with Crippen molar-refractivity contribution in [2.45, 2.75) is 6.92 Å². The topological polar surface area (TPSA) is 114 Å². The number of aryl methyl sites for hydroxylation is 1. The van der Waals surface area contributed by atoms with E-state index < -0.39 is 5.82 Å². The highest BCUT2D eigenvalue weighted by molar-refractivity contribution is 5.95. The molecule has 10 heteroatoms. The number of pyridine rings is 3. The van der Waals surface area contributed by atoms with Gasteiger partial charge in [0.1, 0.15) is 16.9 Å². The van der Waals surface area contributed by atoms with Gasteiger partial charge in [-0.15, -0.1) is 0 Å². The lowest BCUT2D eigenvalue weighted by atomic mass is 10.1. The molecule has 0 bridgehead atoms. The zero-order chi connectivity index (χ0) is 20.9. The van der Waals surface area contributed by atoms with E-state index in [1.54, 1.807) is 43.2 Å². The SMILES string of the molecule is Cc1cn(-c2ccnc3[nH]c(-c4n[nH]c5cnc(-c6cccnc6)c(F)c45)nc23)cn1. The summed E-state index contributed by atoms with van der Waals surface area (Å²) >= 11 is 0. The van der Waals surface area contributed by atoms with E-state index in [2.05, 4.69) is 40.1 Å². The third kappa shape index (κ3) is 2.69. The Morgan fingerprint density at radius 3 is 2.77 bits per heavy atom. The van der Waals surface area contributed by atoms with E-state index in [1.165, 1.54) is 0 Å². The first-order valence-corrected chi connectivity index (χ1v) is 9.48. The number of aromatic amines is 2. The van der Waals surface area contributed by atoms with E-state index in [4.69, 9.17) is 0 Å². The van der Waals surface area contributed by atoms with Gasteiger partial charge in [0.2, 0.25) is 0 Å². The highest BCUT2D eigenvalue weighted by atomic mass is 19.1. The summed E-state index contributed by atoms with van der Waals surface area (Å²) in [4.78, 5) is 24.8. The average molecular weight is 411 g/mol. The molecular weight excluding hydrogens is 397 g/mol. The lowest BCUT2D eigenvalue weighted by Crippen LogP contribution is -1.93. The number of imidazole rings is 2. The molecule has 0 spiro atoms. The Morgan fingerprint density at radius 1 is 1.03 bits per heavy atom. The van der Waals surface area contributed by atoms with E-state index in [-0.39, 0.29) is 5.69 Å². The summed E-state index contributed by atoms with van der Waals surface area (Å²) in [5.41, 5.74) is 4.50. The van der Waals surface area contributed by atoms with Gasteiger partial charge in [-0.05, 0) is 25.1 Å². The summed E-state index contributed by atoms with van der Waals surface area (Å²) < 4.78 is 17.4. The third-order valence-electron chi connectivity index (χ3n) is 5.06. The van der Waals surface area contributed by atoms with Crippen molar-refractivity contribution in [2.24, 2.45) is 0 Å². The van der Waals surface area contributed by atoms with Crippen LogP contribution in [0.1, 0.15) is 5.69 Å². The molecule has 6 aromatic rings. The molecule has 0 aromatic carbocycles. The average Bonchev–Trinajstić information content (AvgIpc) is 3.52. The molecule has 0 aliphatic carbocycles. The highest BCUT2D eigenvalue weighted by Crippen LogP contribution is 2.32. The van der Waals surface area contributed by atoms with Crippen LogP contribution in [0, 0.1) is 12.7 Å². The Kier molecular flexibility index (Phi) is 3.66. The fourth-order valence-electron chi connectivity index (χ4n) is 3.62. The first kappa shape index (κ1) is 17.4. The molecule has 0 saturated carbocycles. The lowest BCUT2D eigenvalue weighted by molar-refractivity contribution is 0.638. The Labute approximate surface area is 174 Å². The zero-order valence-corrected chi connectivity index (χ0v) is 16.2. The predicted molar refractivity (Wildman–Crippen MR) is 112 cm³/mol. The van der Waals surface area contributed by atoms with Crippen LogP contribution in [-0.4, -0.2) is 44.7 Å². The quantitative estimate of drug-likeness (QED) is 0.460. The highest BCUT2D eigenvalue weighted by Gasteiger charge is 2.21. The Hall–Kier alpha value is -4.47. The summed E-state index contributed by atoms with van der Waals surface area (Å²) in [6, 6.07) is 5.34. The van der Waals surface area contributed by atoms with Crippen LogP contribution >= 0.6 is 0 Å². The monoisotopic (exact) mass is 411 g/mol. The molecular formula is C21H14FN9. The minimum absolute atomic E-state index is 0.201. The van der Waals surface area contributed by atoms with E-state index in [1.807, 2.05) is 23.8 Å². The third-order valence-corrected chi connectivity index (χ3v) is 5.06. The Balaban J connectivity index is 1.56. The molecule has 2 N–H and O–H groups in total. The molecule has 0 unspecified atom stereocenters. The molecule has 150 valence electrons. The molecule has 6 rings (SSSR count). The van der Waals surface area contributed by atoms with Crippen LogP contribution in [0.2, 0.25) is 0 Å². The van der Waals surface area contributed by atoms with Gasteiger partial charge in [0.05, 0.1) is 34.8 Å². The summed E-state index contributed by atoms with van der Waals surface area (Å²) in [6.45, 7) is 1.91. The number of aromatic nitrogens is 9. The largest absolute Gasteiger partial charge is 0.321 e. The minimum Gasteiger partial charge on any atom is -0.321 e. The molecule has 9 nitrogen and oxygen atoms in total. The second-order valence-electron chi connectivity index (χ2n) is 7.06. The molecule has 0 atom stereocenters. The summed E-state index contributed by atoms with van der Waals surface area (Å²) in [6.07, 6.45) is 10.1. The number of rotatable bonds is 3. The number of nitrogens with one attached hydrogen (secondary N) is 2. The molecule has 0 radical (unpaired) electrons. The van der Waals surface area contributed by atoms with Crippen molar-refractivity contribution < 1.29 is 4.39 Å². The lowest BCUT2D eigenvalue weighted by Gasteiger charge is -2.03. The molecule has 0 aliphatic heterocycles. The van der Waals surface area contributed by atoms with Crippen molar-refractivity contribution in [1.29, 1.82) is 0 Å². The molecule has 0 saturated heterocycles. The number of nitrogens with zero attached hydrogens (tertiary/aromatic N) is 7. The van der Waals surface area contributed by atoms with Gasteiger partial charge < -0.3 is 9.55 Å². The normalized spacial score (nSPS) is 11.5. The molecule has 6 heterocycles. The smallest absolute Gasteiger partial charge is 0.161 e. The van der Waals surface area contributed by atoms with E-state index in [0.717, 1.165) is 11.4 Å². The Bertz CT molecular complexity index is 1560. The maximum atomic E-state index is 15.5. The summed E-state index contributed by atoms with van der Waals surface area (Å²) in [7, 11) is 0. The second kappa shape index (κ2) is 6.52. The van der Waals surface area contributed by atoms with Crippen molar-refractivity contribution in [1.82, 2.24) is 44.7 Å². The van der Waals surface area contributed by atoms with Crippen LogP contribution in [0.5, 0.6) is 0 Å². The summed E-state index contributed by atoms with van der Waals surface area (Å²) in [5, 5.41) is 7.44. The van der Waals surface area contributed by atoms with Crippen molar-refractivity contribution >= 4 is 22.1 Å². The van der Waals surface area contributed by atoms with Crippen LogP contribution in [-0.2, 0) is 0 Å².